The molecule has 18 heteroatoms. The molecule has 0 aliphatic heterocycles. The Balaban J connectivity index is 1.64. The zero-order valence-electron chi connectivity index (χ0n) is 17.9. The van der Waals surface area contributed by atoms with Gasteiger partial charge >= 0.3 is 0 Å². The lowest BCUT2D eigenvalue weighted by molar-refractivity contribution is -0.432. The number of halogens is 1. The zero-order chi connectivity index (χ0) is 26.8. The van der Waals surface area contributed by atoms with Crippen molar-refractivity contribution in [3.63, 3.8) is 0 Å². The topological polar surface area (TPSA) is 210 Å². The fourth-order valence-electron chi connectivity index (χ4n) is 3.12. The minimum atomic E-state index is -4.81. The summed E-state index contributed by atoms with van der Waals surface area (Å²) < 4.78 is 70.1. The monoisotopic (exact) mass is 587 g/mol. The highest BCUT2D eigenvalue weighted by Gasteiger charge is 2.20. The number of hydrogen-bond donors (Lipinski definition) is 5. The van der Waals surface area contributed by atoms with Crippen LogP contribution in [0.4, 0.5) is 23.3 Å². The van der Waals surface area contributed by atoms with E-state index in [2.05, 4.69) is 35.0 Å². The molecular formula is C19H14ClN5O9S3. The fourth-order valence-corrected chi connectivity index (χ4v) is 4.99. The molecule has 0 amide bonds. The van der Waals surface area contributed by atoms with Crippen molar-refractivity contribution in [3.05, 3.63) is 59.9 Å². The SMILES string of the molecule is O=S(=O)(O)c1cc(S(=O)(=O)O)c2ccc(Nc3nc(Cl)nc(Nc4ccc(SOOO)cc4)n3)cc2c1. The van der Waals surface area contributed by atoms with Crippen molar-refractivity contribution in [2.75, 3.05) is 10.6 Å². The number of nitrogens with one attached hydrogen (secondary N) is 2. The van der Waals surface area contributed by atoms with Crippen molar-refractivity contribution in [1.82, 2.24) is 15.0 Å². The van der Waals surface area contributed by atoms with Crippen LogP contribution in [0.25, 0.3) is 10.8 Å². The molecule has 0 saturated heterocycles. The number of fused-ring (bicyclic) bond motifs is 1. The Morgan fingerprint density at radius 3 is 2.03 bits per heavy atom. The molecular weight excluding hydrogens is 574 g/mol. The van der Waals surface area contributed by atoms with Gasteiger partial charge in [-0.05, 0) is 65.5 Å². The van der Waals surface area contributed by atoms with Crippen LogP contribution in [0, 0.1) is 0 Å². The van der Waals surface area contributed by atoms with Gasteiger partial charge in [0, 0.05) is 21.7 Å². The summed E-state index contributed by atoms with van der Waals surface area (Å²) in [7, 11) is -9.59. The lowest BCUT2D eigenvalue weighted by atomic mass is 10.1. The minimum absolute atomic E-state index is 0.00838. The highest BCUT2D eigenvalue weighted by atomic mass is 35.5. The molecule has 37 heavy (non-hydrogen) atoms. The second kappa shape index (κ2) is 10.7. The predicted octanol–water partition coefficient (Wildman–Crippen LogP) is 4.09. The van der Waals surface area contributed by atoms with Crippen LogP contribution in [0.2, 0.25) is 5.28 Å². The predicted molar refractivity (Wildman–Crippen MR) is 132 cm³/mol. The van der Waals surface area contributed by atoms with E-state index in [0.717, 1.165) is 18.1 Å². The number of aromatic nitrogens is 3. The molecule has 3 aromatic carbocycles. The molecule has 4 aromatic rings. The molecule has 1 aromatic heterocycles. The van der Waals surface area contributed by atoms with Gasteiger partial charge in [0.25, 0.3) is 20.2 Å². The zero-order valence-corrected chi connectivity index (χ0v) is 21.1. The molecule has 4 rings (SSSR count). The van der Waals surface area contributed by atoms with Crippen LogP contribution >= 0.6 is 23.6 Å². The van der Waals surface area contributed by atoms with Crippen molar-refractivity contribution >= 4 is 77.9 Å². The van der Waals surface area contributed by atoms with Gasteiger partial charge in [-0.1, -0.05) is 11.1 Å². The highest BCUT2D eigenvalue weighted by Crippen LogP contribution is 2.30. The number of nitrogens with zero attached hydrogens (tertiary/aromatic N) is 3. The smallest absolute Gasteiger partial charge is 0.295 e. The summed E-state index contributed by atoms with van der Waals surface area (Å²) in [4.78, 5) is 11.4. The van der Waals surface area contributed by atoms with Crippen LogP contribution in [0.1, 0.15) is 0 Å². The van der Waals surface area contributed by atoms with E-state index in [1.807, 2.05) is 0 Å². The summed E-state index contributed by atoms with van der Waals surface area (Å²) in [5.74, 6) is 0.0596. The number of rotatable bonds is 9. The van der Waals surface area contributed by atoms with Gasteiger partial charge in [-0.2, -0.15) is 31.8 Å². The van der Waals surface area contributed by atoms with E-state index >= 15 is 0 Å². The third-order valence-corrected chi connectivity index (χ3v) is 7.09. The van der Waals surface area contributed by atoms with E-state index < -0.39 is 30.0 Å². The molecule has 0 atom stereocenters. The quantitative estimate of drug-likeness (QED) is 0.0807. The second-order valence-electron chi connectivity index (χ2n) is 7.06. The first-order valence-electron chi connectivity index (χ1n) is 9.65. The first-order valence-corrected chi connectivity index (χ1v) is 13.7. The summed E-state index contributed by atoms with van der Waals surface area (Å²) in [6, 6.07) is 12.5. The van der Waals surface area contributed by atoms with E-state index in [4.69, 9.17) is 16.9 Å². The number of anilines is 4. The Bertz CT molecular complexity index is 1690. The Morgan fingerprint density at radius 2 is 1.43 bits per heavy atom. The molecule has 14 nitrogen and oxygen atoms in total. The van der Waals surface area contributed by atoms with Gasteiger partial charge in [0.2, 0.25) is 17.2 Å². The van der Waals surface area contributed by atoms with Crippen molar-refractivity contribution in [2.45, 2.75) is 14.7 Å². The molecule has 0 unspecified atom stereocenters. The Kier molecular flexibility index (Phi) is 7.78. The maximum absolute atomic E-state index is 11.8. The van der Waals surface area contributed by atoms with Gasteiger partial charge in [0.15, 0.2) is 0 Å². The largest absolute Gasteiger partial charge is 0.324 e. The summed E-state index contributed by atoms with van der Waals surface area (Å²) in [5.41, 5.74) is 0.866. The molecule has 5 N–H and O–H groups in total. The van der Waals surface area contributed by atoms with E-state index in [9.17, 15) is 25.9 Å². The Morgan fingerprint density at radius 1 is 0.811 bits per heavy atom. The molecule has 194 valence electrons. The Labute approximate surface area is 218 Å². The van der Waals surface area contributed by atoms with Crippen LogP contribution in [0.5, 0.6) is 0 Å². The maximum Gasteiger partial charge on any atom is 0.295 e. The van der Waals surface area contributed by atoms with Crippen LogP contribution in [-0.4, -0.2) is 46.2 Å². The molecule has 0 spiro atoms. The molecule has 0 aliphatic carbocycles. The summed E-state index contributed by atoms with van der Waals surface area (Å²) in [6.07, 6.45) is 0. The first-order chi connectivity index (χ1) is 17.4. The standard InChI is InChI=1S/C19H14ClN5O9S3/c20-17-23-18(21-11-1-4-13(5-2-11)35-34-33-26)25-19(24-17)22-12-3-6-15-10(7-12)8-14(36(27,28)29)9-16(15)37(30,31)32/h1-9,26H,(H,27,28,29)(H,30,31,32)(H2,21,22,23,24,25). The van der Waals surface area contributed by atoms with Crippen LogP contribution in [0.15, 0.2) is 69.3 Å². The van der Waals surface area contributed by atoms with Crippen molar-refractivity contribution < 1.29 is 40.6 Å². The van der Waals surface area contributed by atoms with Crippen LogP contribution in [0.3, 0.4) is 0 Å². The lowest BCUT2D eigenvalue weighted by Gasteiger charge is -2.11. The van der Waals surface area contributed by atoms with Gasteiger partial charge in [0.05, 0.1) is 16.9 Å². The van der Waals surface area contributed by atoms with Gasteiger partial charge in [-0.15, -0.1) is 4.33 Å². The molecule has 1 heterocycles. The first kappa shape index (κ1) is 26.9. The summed E-state index contributed by atoms with van der Waals surface area (Å²) in [5, 5.41) is 17.4. The van der Waals surface area contributed by atoms with Crippen molar-refractivity contribution in [3.8, 4) is 0 Å². The van der Waals surface area contributed by atoms with Gasteiger partial charge in [0.1, 0.15) is 4.90 Å². The minimum Gasteiger partial charge on any atom is -0.324 e. The van der Waals surface area contributed by atoms with E-state index in [1.54, 1.807) is 24.3 Å². The van der Waals surface area contributed by atoms with Gasteiger partial charge < -0.3 is 10.6 Å². The second-order valence-corrected chi connectivity index (χ2v) is 11.0. The Hall–Kier alpha value is -3.13. The fraction of sp³-hybridized carbons (Fsp3) is 0. The van der Waals surface area contributed by atoms with Gasteiger partial charge in [-0.25, -0.2) is 5.26 Å². The van der Waals surface area contributed by atoms with E-state index in [-0.39, 0.29) is 28.0 Å². The van der Waals surface area contributed by atoms with Crippen LogP contribution < -0.4 is 10.6 Å². The summed E-state index contributed by atoms with van der Waals surface area (Å²) in [6.45, 7) is 0. The molecule has 0 radical (unpaired) electrons. The lowest BCUT2D eigenvalue weighted by Crippen LogP contribution is -2.05. The molecule has 0 aliphatic rings. The van der Waals surface area contributed by atoms with Crippen LogP contribution in [-0.2, 0) is 29.6 Å². The molecule has 0 bridgehead atoms. The normalized spacial score (nSPS) is 12.0. The molecule has 0 fully saturated rings. The number of benzene rings is 3. The average molecular weight is 588 g/mol. The number of hydrogen-bond acceptors (Lipinski definition) is 13. The van der Waals surface area contributed by atoms with E-state index in [1.165, 1.54) is 18.2 Å². The van der Waals surface area contributed by atoms with Gasteiger partial charge in [-0.3, -0.25) is 9.11 Å². The van der Waals surface area contributed by atoms with Crippen molar-refractivity contribution in [2.24, 2.45) is 0 Å². The van der Waals surface area contributed by atoms with Crippen molar-refractivity contribution in [1.29, 1.82) is 0 Å². The third kappa shape index (κ3) is 6.80. The van der Waals surface area contributed by atoms with E-state index in [0.29, 0.717) is 22.3 Å². The highest BCUT2D eigenvalue weighted by molar-refractivity contribution is 7.94. The molecule has 0 saturated carbocycles. The maximum atomic E-state index is 11.8. The third-order valence-electron chi connectivity index (χ3n) is 4.60. The summed E-state index contributed by atoms with van der Waals surface area (Å²) >= 11 is 6.79. The average Bonchev–Trinajstić information content (AvgIpc) is 2.81.